The summed E-state index contributed by atoms with van der Waals surface area (Å²) in [5.74, 6) is 1.75. The Labute approximate surface area is 158 Å². The van der Waals surface area contributed by atoms with E-state index in [2.05, 4.69) is 16.4 Å². The third-order valence-corrected chi connectivity index (χ3v) is 5.08. The van der Waals surface area contributed by atoms with E-state index in [-0.39, 0.29) is 12.5 Å². The van der Waals surface area contributed by atoms with E-state index in [1.165, 1.54) is 0 Å². The van der Waals surface area contributed by atoms with Gasteiger partial charge in [-0.05, 0) is 37.3 Å². The predicted octanol–water partition coefficient (Wildman–Crippen LogP) is 2.59. The van der Waals surface area contributed by atoms with Crippen molar-refractivity contribution in [3.05, 3.63) is 36.0 Å². The zero-order valence-corrected chi connectivity index (χ0v) is 15.0. The number of carbonyl (C=O) groups is 1. The van der Waals surface area contributed by atoms with Crippen LogP contribution >= 0.6 is 0 Å². The first-order chi connectivity index (χ1) is 13.2. The molecule has 0 bridgehead atoms. The molecule has 2 aromatic rings. The molecule has 1 N–H and O–H groups in total. The normalized spacial score (nSPS) is 17.1. The summed E-state index contributed by atoms with van der Waals surface area (Å²) in [5, 5.41) is 11.9. The van der Waals surface area contributed by atoms with Crippen LogP contribution in [0.15, 0.2) is 30.5 Å². The number of nitriles is 1. The monoisotopic (exact) mass is 363 g/mol. The minimum atomic E-state index is -0.0667. The fraction of sp³-hybridized carbons (Fsp3) is 0.400. The Bertz CT molecular complexity index is 886. The number of rotatable bonds is 4. The molecule has 2 aliphatic rings. The van der Waals surface area contributed by atoms with E-state index >= 15 is 0 Å². The van der Waals surface area contributed by atoms with Crippen LogP contribution in [0.5, 0.6) is 0 Å². The number of hydrogen-bond donors (Lipinski definition) is 1. The fourth-order valence-electron chi connectivity index (χ4n) is 3.55. The third kappa shape index (κ3) is 3.91. The van der Waals surface area contributed by atoms with Gasteiger partial charge in [-0.25, -0.2) is 9.97 Å². The summed E-state index contributed by atoms with van der Waals surface area (Å²) in [7, 11) is 0. The van der Waals surface area contributed by atoms with Gasteiger partial charge < -0.3 is 15.0 Å². The zero-order valence-electron chi connectivity index (χ0n) is 15.0. The molecule has 1 fully saturated rings. The molecule has 138 valence electrons. The van der Waals surface area contributed by atoms with E-state index in [1.807, 2.05) is 17.0 Å². The average molecular weight is 363 g/mol. The molecule has 1 saturated heterocycles. The number of fused-ring (bicyclic) bond motifs is 1. The van der Waals surface area contributed by atoms with Gasteiger partial charge in [0.2, 0.25) is 5.91 Å². The predicted molar refractivity (Wildman–Crippen MR) is 101 cm³/mol. The van der Waals surface area contributed by atoms with Crippen LogP contribution in [0, 0.1) is 17.2 Å². The summed E-state index contributed by atoms with van der Waals surface area (Å²) >= 11 is 0. The third-order valence-electron chi connectivity index (χ3n) is 5.08. The first kappa shape index (κ1) is 17.4. The van der Waals surface area contributed by atoms with Gasteiger partial charge in [0.15, 0.2) is 11.6 Å². The van der Waals surface area contributed by atoms with Gasteiger partial charge >= 0.3 is 0 Å². The summed E-state index contributed by atoms with van der Waals surface area (Å²) in [6, 6.07) is 9.44. The van der Waals surface area contributed by atoms with E-state index in [0.29, 0.717) is 28.8 Å². The first-order valence-corrected chi connectivity index (χ1v) is 9.23. The maximum absolute atomic E-state index is 12.0. The van der Waals surface area contributed by atoms with Crippen molar-refractivity contribution in [2.45, 2.75) is 19.3 Å². The zero-order chi connectivity index (χ0) is 18.6. The lowest BCUT2D eigenvalue weighted by atomic mass is 9.96. The molecule has 0 saturated carbocycles. The van der Waals surface area contributed by atoms with Crippen molar-refractivity contribution in [1.29, 1.82) is 5.26 Å². The van der Waals surface area contributed by atoms with Crippen molar-refractivity contribution in [3.8, 4) is 17.3 Å². The summed E-state index contributed by atoms with van der Waals surface area (Å²) in [6.07, 6.45) is 4.78. The van der Waals surface area contributed by atoms with Gasteiger partial charge in [0.05, 0.1) is 30.1 Å². The Hall–Kier alpha value is -2.98. The van der Waals surface area contributed by atoms with Crippen LogP contribution in [-0.2, 0) is 9.53 Å². The SMILES string of the molecule is N#Cc1cccc(-c2cnc3c(n2)N(CCC2CCOCC2)CC(=O)N3)c1. The van der Waals surface area contributed by atoms with Gasteiger partial charge in [-0.15, -0.1) is 0 Å². The molecule has 7 nitrogen and oxygen atoms in total. The second-order valence-corrected chi connectivity index (χ2v) is 6.93. The van der Waals surface area contributed by atoms with Gasteiger partial charge in [-0.2, -0.15) is 5.26 Å². The largest absolute Gasteiger partial charge is 0.381 e. The van der Waals surface area contributed by atoms with E-state index < -0.39 is 0 Å². The van der Waals surface area contributed by atoms with E-state index in [0.717, 1.165) is 44.6 Å². The van der Waals surface area contributed by atoms with E-state index in [4.69, 9.17) is 15.0 Å². The van der Waals surface area contributed by atoms with Gasteiger partial charge in [0.1, 0.15) is 0 Å². The number of anilines is 2. The molecule has 0 radical (unpaired) electrons. The Morgan fingerprint density at radius 2 is 2.19 bits per heavy atom. The lowest BCUT2D eigenvalue weighted by Crippen LogP contribution is -2.40. The maximum Gasteiger partial charge on any atom is 0.245 e. The molecule has 27 heavy (non-hydrogen) atoms. The maximum atomic E-state index is 12.0. The average Bonchev–Trinajstić information content (AvgIpc) is 2.72. The van der Waals surface area contributed by atoms with E-state index in [1.54, 1.807) is 18.3 Å². The van der Waals surface area contributed by atoms with Crippen LogP contribution in [-0.4, -0.2) is 42.2 Å². The Morgan fingerprint density at radius 1 is 1.33 bits per heavy atom. The Balaban J connectivity index is 1.58. The van der Waals surface area contributed by atoms with Crippen LogP contribution in [0.1, 0.15) is 24.8 Å². The highest BCUT2D eigenvalue weighted by molar-refractivity contribution is 5.99. The smallest absolute Gasteiger partial charge is 0.245 e. The molecular formula is C20H21N5O2. The molecule has 1 aromatic heterocycles. The highest BCUT2D eigenvalue weighted by Gasteiger charge is 2.26. The van der Waals surface area contributed by atoms with Gasteiger partial charge in [-0.3, -0.25) is 4.79 Å². The van der Waals surface area contributed by atoms with Gasteiger partial charge in [0.25, 0.3) is 0 Å². The van der Waals surface area contributed by atoms with Crippen molar-refractivity contribution in [3.63, 3.8) is 0 Å². The van der Waals surface area contributed by atoms with Gasteiger partial charge in [0, 0.05) is 25.3 Å². The van der Waals surface area contributed by atoms with Crippen molar-refractivity contribution in [2.75, 3.05) is 36.5 Å². The molecular weight excluding hydrogens is 342 g/mol. The standard InChI is InChI=1S/C20H21N5O2/c21-11-15-2-1-3-16(10-15)17-12-22-19-20(23-17)25(13-18(26)24-19)7-4-14-5-8-27-9-6-14/h1-3,10,12,14H,4-9,13H2,(H,22,24,26). The first-order valence-electron chi connectivity index (χ1n) is 9.23. The van der Waals surface area contributed by atoms with Crippen LogP contribution in [0.2, 0.25) is 0 Å². The quantitative estimate of drug-likeness (QED) is 0.898. The Morgan fingerprint density at radius 3 is 3.00 bits per heavy atom. The summed E-state index contributed by atoms with van der Waals surface area (Å²) in [6.45, 7) is 2.69. The van der Waals surface area contributed by atoms with Crippen LogP contribution in [0.25, 0.3) is 11.3 Å². The molecule has 4 rings (SSSR count). The molecule has 1 amide bonds. The second-order valence-electron chi connectivity index (χ2n) is 6.93. The number of nitrogens with zero attached hydrogens (tertiary/aromatic N) is 4. The molecule has 0 unspecified atom stereocenters. The summed E-state index contributed by atoms with van der Waals surface area (Å²) < 4.78 is 5.43. The van der Waals surface area contributed by atoms with Crippen LogP contribution in [0.4, 0.5) is 11.6 Å². The number of amides is 1. The molecule has 1 aromatic carbocycles. The number of hydrogen-bond acceptors (Lipinski definition) is 6. The molecule has 7 heteroatoms. The number of benzene rings is 1. The number of carbonyl (C=O) groups excluding carboxylic acids is 1. The lowest BCUT2D eigenvalue weighted by molar-refractivity contribution is -0.115. The minimum Gasteiger partial charge on any atom is -0.381 e. The molecule has 3 heterocycles. The molecule has 0 spiro atoms. The highest BCUT2D eigenvalue weighted by atomic mass is 16.5. The topological polar surface area (TPSA) is 91.1 Å². The number of aromatic nitrogens is 2. The molecule has 0 atom stereocenters. The van der Waals surface area contributed by atoms with Crippen LogP contribution in [0.3, 0.4) is 0 Å². The lowest BCUT2D eigenvalue weighted by Gasteiger charge is -2.31. The fourth-order valence-corrected chi connectivity index (χ4v) is 3.55. The van der Waals surface area contributed by atoms with Crippen molar-refractivity contribution >= 4 is 17.5 Å². The minimum absolute atomic E-state index is 0.0667. The summed E-state index contributed by atoms with van der Waals surface area (Å²) in [4.78, 5) is 23.2. The number of ether oxygens (including phenoxy) is 1. The molecule has 2 aliphatic heterocycles. The summed E-state index contributed by atoms with van der Waals surface area (Å²) in [5.41, 5.74) is 2.11. The van der Waals surface area contributed by atoms with Crippen molar-refractivity contribution in [2.24, 2.45) is 5.92 Å². The number of nitrogens with one attached hydrogen (secondary N) is 1. The van der Waals surface area contributed by atoms with Gasteiger partial charge in [-0.1, -0.05) is 12.1 Å². The molecule has 0 aliphatic carbocycles. The highest BCUT2D eigenvalue weighted by Crippen LogP contribution is 2.30. The van der Waals surface area contributed by atoms with Crippen molar-refractivity contribution in [1.82, 2.24) is 9.97 Å². The second kappa shape index (κ2) is 7.72. The van der Waals surface area contributed by atoms with Crippen molar-refractivity contribution < 1.29 is 9.53 Å². The van der Waals surface area contributed by atoms with E-state index in [9.17, 15) is 4.79 Å². The van der Waals surface area contributed by atoms with Crippen LogP contribution < -0.4 is 10.2 Å². The Kier molecular flexibility index (Phi) is 4.99.